The monoisotopic (exact) mass is 247 g/mol. The lowest BCUT2D eigenvalue weighted by Gasteiger charge is -2.22. The van der Waals surface area contributed by atoms with Crippen LogP contribution >= 0.6 is 0 Å². The number of rotatable bonds is 5. The van der Waals surface area contributed by atoms with Gasteiger partial charge in [0.15, 0.2) is 5.78 Å². The van der Waals surface area contributed by atoms with Crippen molar-refractivity contribution in [2.75, 3.05) is 19.7 Å². The highest BCUT2D eigenvalue weighted by molar-refractivity contribution is 5.96. The van der Waals surface area contributed by atoms with Crippen molar-refractivity contribution in [2.24, 2.45) is 0 Å². The Morgan fingerprint density at radius 2 is 2.33 bits per heavy atom. The van der Waals surface area contributed by atoms with Crippen molar-refractivity contribution in [2.45, 2.75) is 32.2 Å². The lowest BCUT2D eigenvalue weighted by Crippen LogP contribution is -2.33. The Kier molecular flexibility index (Phi) is 4.50. The van der Waals surface area contributed by atoms with Crippen LogP contribution in [0.5, 0.6) is 0 Å². The fourth-order valence-electron chi connectivity index (χ4n) is 2.60. The van der Waals surface area contributed by atoms with Crippen LogP contribution in [0.1, 0.15) is 35.2 Å². The van der Waals surface area contributed by atoms with E-state index in [-0.39, 0.29) is 18.4 Å². The van der Waals surface area contributed by atoms with E-state index in [0.717, 1.165) is 37.1 Å². The maximum absolute atomic E-state index is 12.1. The average molecular weight is 247 g/mol. The topological polar surface area (TPSA) is 40.5 Å². The zero-order valence-electron chi connectivity index (χ0n) is 10.9. The minimum Gasteiger partial charge on any atom is -0.395 e. The van der Waals surface area contributed by atoms with Crippen LogP contribution in [0, 0.1) is 6.92 Å². The lowest BCUT2D eigenvalue weighted by molar-refractivity contribution is 0.0945. The van der Waals surface area contributed by atoms with E-state index in [1.54, 1.807) is 0 Å². The summed E-state index contributed by atoms with van der Waals surface area (Å²) in [6.45, 7) is 3.97. The van der Waals surface area contributed by atoms with Gasteiger partial charge < -0.3 is 5.11 Å². The van der Waals surface area contributed by atoms with Crippen LogP contribution in [0.25, 0.3) is 0 Å². The third kappa shape index (κ3) is 3.18. The average Bonchev–Trinajstić information content (AvgIpc) is 2.83. The van der Waals surface area contributed by atoms with Crippen LogP contribution in [-0.4, -0.2) is 41.5 Å². The molecule has 1 N–H and O–H groups in total. The number of likely N-dealkylation sites (tertiary alicyclic amines) is 1. The summed E-state index contributed by atoms with van der Waals surface area (Å²) in [5.41, 5.74) is 1.92. The minimum atomic E-state index is 0.197. The molecule has 0 bridgehead atoms. The minimum absolute atomic E-state index is 0.197. The van der Waals surface area contributed by atoms with Crippen LogP contribution in [-0.2, 0) is 0 Å². The highest BCUT2D eigenvalue weighted by Gasteiger charge is 2.23. The number of hydrogen-bond acceptors (Lipinski definition) is 3. The maximum atomic E-state index is 12.1. The number of ketones is 1. The number of nitrogens with zero attached hydrogens (tertiary/aromatic N) is 1. The Morgan fingerprint density at radius 3 is 3.06 bits per heavy atom. The maximum Gasteiger partial charge on any atom is 0.164 e. The first-order chi connectivity index (χ1) is 8.70. The fourth-order valence-corrected chi connectivity index (χ4v) is 2.60. The fraction of sp³-hybridized carbons (Fsp3) is 0.533. The molecule has 18 heavy (non-hydrogen) atoms. The van der Waals surface area contributed by atoms with E-state index < -0.39 is 0 Å². The molecular weight excluding hydrogens is 226 g/mol. The van der Waals surface area contributed by atoms with Crippen LogP contribution in [0.15, 0.2) is 24.3 Å². The van der Waals surface area contributed by atoms with Gasteiger partial charge in [-0.1, -0.05) is 23.8 Å². The SMILES string of the molecule is Cc1cccc(C(=O)CCN2CCCC2CO)c1. The Morgan fingerprint density at radius 1 is 1.50 bits per heavy atom. The largest absolute Gasteiger partial charge is 0.395 e. The van der Waals surface area contributed by atoms with Crippen molar-refractivity contribution in [3.63, 3.8) is 0 Å². The summed E-state index contributed by atoms with van der Waals surface area (Å²) in [5.74, 6) is 0.197. The van der Waals surface area contributed by atoms with E-state index in [1.165, 1.54) is 0 Å². The molecule has 1 aromatic rings. The molecule has 98 valence electrons. The van der Waals surface area contributed by atoms with E-state index in [2.05, 4.69) is 4.90 Å². The molecule has 1 atom stereocenters. The molecule has 3 nitrogen and oxygen atoms in total. The second-order valence-corrected chi connectivity index (χ2v) is 5.06. The number of aliphatic hydroxyl groups excluding tert-OH is 1. The van der Waals surface area contributed by atoms with E-state index in [0.29, 0.717) is 6.42 Å². The number of aryl methyl sites for hydroxylation is 1. The molecule has 1 saturated heterocycles. The summed E-state index contributed by atoms with van der Waals surface area (Å²) < 4.78 is 0. The third-order valence-corrected chi connectivity index (χ3v) is 3.68. The highest BCUT2D eigenvalue weighted by Crippen LogP contribution is 2.17. The van der Waals surface area contributed by atoms with Gasteiger partial charge in [0.1, 0.15) is 0 Å². The number of benzene rings is 1. The summed E-state index contributed by atoms with van der Waals surface area (Å²) in [4.78, 5) is 14.3. The highest BCUT2D eigenvalue weighted by atomic mass is 16.3. The molecule has 2 rings (SSSR count). The van der Waals surface area contributed by atoms with Crippen molar-refractivity contribution in [1.82, 2.24) is 4.90 Å². The molecule has 0 amide bonds. The number of carbonyl (C=O) groups excluding carboxylic acids is 1. The van der Waals surface area contributed by atoms with Gasteiger partial charge in [0.2, 0.25) is 0 Å². The Bertz CT molecular complexity index is 417. The van der Waals surface area contributed by atoms with E-state index in [9.17, 15) is 9.90 Å². The first-order valence-corrected chi connectivity index (χ1v) is 6.65. The molecule has 1 unspecified atom stereocenters. The van der Waals surface area contributed by atoms with Crippen molar-refractivity contribution in [3.8, 4) is 0 Å². The summed E-state index contributed by atoms with van der Waals surface area (Å²) in [5, 5.41) is 9.23. The summed E-state index contributed by atoms with van der Waals surface area (Å²) in [6, 6.07) is 8.00. The summed E-state index contributed by atoms with van der Waals surface area (Å²) in [7, 11) is 0. The van der Waals surface area contributed by atoms with Gasteiger partial charge in [0, 0.05) is 24.6 Å². The van der Waals surface area contributed by atoms with Gasteiger partial charge in [-0.25, -0.2) is 0 Å². The second-order valence-electron chi connectivity index (χ2n) is 5.06. The predicted molar refractivity (Wildman–Crippen MR) is 71.8 cm³/mol. The normalized spacial score (nSPS) is 20.2. The molecule has 3 heteroatoms. The van der Waals surface area contributed by atoms with Crippen LogP contribution in [0.3, 0.4) is 0 Å². The lowest BCUT2D eigenvalue weighted by atomic mass is 10.1. The van der Waals surface area contributed by atoms with Gasteiger partial charge in [-0.2, -0.15) is 0 Å². The molecule has 1 aliphatic rings. The Labute approximate surface area is 108 Å². The van der Waals surface area contributed by atoms with Crippen molar-refractivity contribution < 1.29 is 9.90 Å². The number of hydrogen-bond donors (Lipinski definition) is 1. The Balaban J connectivity index is 1.88. The summed E-state index contributed by atoms with van der Waals surface area (Å²) in [6.07, 6.45) is 2.72. The second kappa shape index (κ2) is 6.12. The molecule has 0 aromatic heterocycles. The number of Topliss-reactive ketones (excluding diaryl/α,β-unsaturated/α-hetero) is 1. The first-order valence-electron chi connectivity index (χ1n) is 6.65. The predicted octanol–water partition coefficient (Wildman–Crippen LogP) is 2.02. The van der Waals surface area contributed by atoms with Gasteiger partial charge in [-0.05, 0) is 32.4 Å². The quantitative estimate of drug-likeness (QED) is 0.809. The summed E-state index contributed by atoms with van der Waals surface area (Å²) >= 11 is 0. The van der Waals surface area contributed by atoms with Crippen molar-refractivity contribution in [3.05, 3.63) is 35.4 Å². The molecule has 0 spiro atoms. The molecule has 0 radical (unpaired) electrons. The van der Waals surface area contributed by atoms with Crippen LogP contribution < -0.4 is 0 Å². The number of carbonyl (C=O) groups is 1. The standard InChI is InChI=1S/C15H21NO2/c1-12-4-2-5-13(10-12)15(18)7-9-16-8-3-6-14(16)11-17/h2,4-5,10,14,17H,3,6-9,11H2,1H3. The first kappa shape index (κ1) is 13.2. The molecule has 0 aliphatic carbocycles. The zero-order chi connectivity index (χ0) is 13.0. The molecule has 0 saturated carbocycles. The molecular formula is C15H21NO2. The smallest absolute Gasteiger partial charge is 0.164 e. The van der Waals surface area contributed by atoms with Gasteiger partial charge in [-0.3, -0.25) is 9.69 Å². The van der Waals surface area contributed by atoms with Gasteiger partial charge in [0.05, 0.1) is 6.61 Å². The Hall–Kier alpha value is -1.19. The third-order valence-electron chi connectivity index (χ3n) is 3.68. The zero-order valence-corrected chi connectivity index (χ0v) is 10.9. The van der Waals surface area contributed by atoms with E-state index in [1.807, 2.05) is 31.2 Å². The van der Waals surface area contributed by atoms with Crippen LogP contribution in [0.4, 0.5) is 0 Å². The molecule has 1 aliphatic heterocycles. The van der Waals surface area contributed by atoms with E-state index >= 15 is 0 Å². The molecule has 1 heterocycles. The van der Waals surface area contributed by atoms with Crippen molar-refractivity contribution in [1.29, 1.82) is 0 Å². The molecule has 1 aromatic carbocycles. The van der Waals surface area contributed by atoms with E-state index in [4.69, 9.17) is 0 Å². The van der Waals surface area contributed by atoms with Gasteiger partial charge in [0.25, 0.3) is 0 Å². The van der Waals surface area contributed by atoms with Gasteiger partial charge >= 0.3 is 0 Å². The van der Waals surface area contributed by atoms with Crippen LogP contribution in [0.2, 0.25) is 0 Å². The molecule has 1 fully saturated rings. The number of aliphatic hydroxyl groups is 1. The van der Waals surface area contributed by atoms with Gasteiger partial charge in [-0.15, -0.1) is 0 Å². The van der Waals surface area contributed by atoms with Crippen molar-refractivity contribution >= 4 is 5.78 Å².